The van der Waals surface area contributed by atoms with Crippen molar-refractivity contribution >= 4 is 31.9 Å². The van der Waals surface area contributed by atoms with Gasteiger partial charge in [0, 0.05) is 32.9 Å². The van der Waals surface area contributed by atoms with Crippen molar-refractivity contribution in [1.29, 1.82) is 0 Å². The van der Waals surface area contributed by atoms with E-state index >= 15 is 0 Å². The minimum absolute atomic E-state index is 0.720. The molecule has 53 heavy (non-hydrogen) atoms. The van der Waals surface area contributed by atoms with Crippen molar-refractivity contribution in [2.45, 2.75) is 154 Å². The van der Waals surface area contributed by atoms with Gasteiger partial charge in [-0.1, -0.05) is 158 Å². The number of hydrogen-bond acceptors (Lipinski definition) is 1. The molecule has 3 heteroatoms. The van der Waals surface area contributed by atoms with E-state index in [1.807, 2.05) is 0 Å². The SMILES string of the molecule is CCCCCC[C@H]1CC[C@H](c2ccc(Cc3cc(Br)ccc3Oc3ccc(Br)cc3Cc3ccc([C@H]4CC[C@H](CCCCCC)CC4)cc3)cc2)CC1. The lowest BCUT2D eigenvalue weighted by Crippen LogP contribution is -2.13. The highest BCUT2D eigenvalue weighted by atomic mass is 79.9. The second-order valence-electron chi connectivity index (χ2n) is 16.6. The van der Waals surface area contributed by atoms with Gasteiger partial charge in [-0.05, 0) is 134 Å². The zero-order valence-electron chi connectivity index (χ0n) is 32.7. The molecule has 2 saturated carbocycles. The van der Waals surface area contributed by atoms with Crippen molar-refractivity contribution in [3.05, 3.63) is 127 Å². The lowest BCUT2D eigenvalue weighted by atomic mass is 9.77. The summed E-state index contributed by atoms with van der Waals surface area (Å²) >= 11 is 7.49. The number of rotatable bonds is 18. The molecule has 2 fully saturated rings. The molecule has 0 amide bonds. The molecule has 4 aromatic rings. The normalized spacial score (nSPS) is 20.4. The number of unbranched alkanes of at least 4 members (excludes halogenated alkanes) is 6. The minimum Gasteiger partial charge on any atom is -0.457 e. The topological polar surface area (TPSA) is 9.23 Å². The summed E-state index contributed by atoms with van der Waals surface area (Å²) in [6.07, 6.45) is 26.7. The van der Waals surface area contributed by atoms with E-state index in [4.69, 9.17) is 4.74 Å². The monoisotopic (exact) mass is 838 g/mol. The number of hydrogen-bond donors (Lipinski definition) is 0. The summed E-state index contributed by atoms with van der Waals surface area (Å²) in [6.45, 7) is 4.62. The van der Waals surface area contributed by atoms with Crippen LogP contribution < -0.4 is 4.74 Å². The Hall–Kier alpha value is -2.36. The maximum atomic E-state index is 6.79. The molecule has 0 aromatic heterocycles. The molecule has 0 N–H and O–H groups in total. The van der Waals surface area contributed by atoms with Crippen LogP contribution in [0.5, 0.6) is 11.5 Å². The second-order valence-corrected chi connectivity index (χ2v) is 18.4. The van der Waals surface area contributed by atoms with Gasteiger partial charge < -0.3 is 4.74 Å². The molecule has 0 bridgehead atoms. The molecule has 0 aliphatic heterocycles. The molecule has 2 aliphatic carbocycles. The third-order valence-electron chi connectivity index (χ3n) is 12.6. The summed E-state index contributed by atoms with van der Waals surface area (Å²) < 4.78 is 8.96. The van der Waals surface area contributed by atoms with E-state index in [1.165, 1.54) is 149 Å². The van der Waals surface area contributed by atoms with E-state index in [1.54, 1.807) is 0 Å². The Kier molecular flexibility index (Phi) is 16.0. The van der Waals surface area contributed by atoms with E-state index in [9.17, 15) is 0 Å². The van der Waals surface area contributed by atoms with Crippen molar-refractivity contribution in [3.63, 3.8) is 0 Å². The van der Waals surface area contributed by atoms with E-state index in [2.05, 4.69) is 131 Å². The van der Waals surface area contributed by atoms with Crippen LogP contribution in [0.1, 0.15) is 175 Å². The largest absolute Gasteiger partial charge is 0.457 e. The highest BCUT2D eigenvalue weighted by Gasteiger charge is 2.23. The summed E-state index contributed by atoms with van der Waals surface area (Å²) in [4.78, 5) is 0. The Bertz CT molecular complexity index is 1530. The summed E-state index contributed by atoms with van der Waals surface area (Å²) in [5.74, 6) is 5.20. The molecule has 6 rings (SSSR count). The van der Waals surface area contributed by atoms with Crippen LogP contribution in [0, 0.1) is 11.8 Å². The molecule has 0 saturated heterocycles. The van der Waals surface area contributed by atoms with E-state index in [0.29, 0.717) is 0 Å². The summed E-state index contributed by atoms with van der Waals surface area (Å²) in [6, 6.07) is 31.9. The molecular formula is C50H64Br2O. The standard InChI is InChI=1S/C50H64Br2O/c1-3-5-7-9-11-37-13-21-41(22-14-37)43-25-17-39(18-26-43)33-45-35-47(51)29-31-49(45)53-50-32-30-48(52)36-46(50)34-40-19-27-44(28-20-40)42-23-15-38(16-24-42)12-10-8-6-4-2/h17-20,25-32,35-38,41-42H,3-16,21-24,33-34H2,1-2H3/t37-,38-,41-,42-. The van der Waals surface area contributed by atoms with Gasteiger partial charge in [-0.25, -0.2) is 0 Å². The predicted molar refractivity (Wildman–Crippen MR) is 234 cm³/mol. The molecule has 2 aliphatic rings. The zero-order valence-corrected chi connectivity index (χ0v) is 35.9. The van der Waals surface area contributed by atoms with Gasteiger partial charge in [0.05, 0.1) is 0 Å². The average molecular weight is 841 g/mol. The fourth-order valence-corrected chi connectivity index (χ4v) is 10.1. The van der Waals surface area contributed by atoms with Crippen LogP contribution >= 0.6 is 31.9 Å². The molecule has 284 valence electrons. The van der Waals surface area contributed by atoms with Crippen molar-refractivity contribution < 1.29 is 4.74 Å². The Morgan fingerprint density at radius 3 is 1.25 bits per heavy atom. The summed E-state index contributed by atoms with van der Waals surface area (Å²) in [5.41, 5.74) is 8.11. The highest BCUT2D eigenvalue weighted by molar-refractivity contribution is 9.10. The molecule has 0 heterocycles. The lowest BCUT2D eigenvalue weighted by molar-refractivity contribution is 0.302. The number of benzene rings is 4. The van der Waals surface area contributed by atoms with Crippen LogP contribution in [0.2, 0.25) is 0 Å². The fourth-order valence-electron chi connectivity index (χ4n) is 9.23. The minimum atomic E-state index is 0.720. The van der Waals surface area contributed by atoms with Crippen molar-refractivity contribution in [2.24, 2.45) is 11.8 Å². The smallest absolute Gasteiger partial charge is 0.131 e. The predicted octanol–water partition coefficient (Wildman–Crippen LogP) is 16.7. The van der Waals surface area contributed by atoms with Gasteiger partial charge >= 0.3 is 0 Å². The lowest BCUT2D eigenvalue weighted by Gasteiger charge is -2.29. The van der Waals surface area contributed by atoms with Gasteiger partial charge in [-0.15, -0.1) is 0 Å². The quantitative estimate of drug-likeness (QED) is 0.0907. The molecule has 4 aromatic carbocycles. The van der Waals surface area contributed by atoms with Gasteiger partial charge in [0.2, 0.25) is 0 Å². The summed E-state index contributed by atoms with van der Waals surface area (Å²) in [5, 5.41) is 0. The molecular weight excluding hydrogens is 776 g/mol. The van der Waals surface area contributed by atoms with Crippen molar-refractivity contribution in [3.8, 4) is 11.5 Å². The number of ether oxygens (including phenoxy) is 1. The molecule has 1 nitrogen and oxygen atoms in total. The van der Waals surface area contributed by atoms with Gasteiger partial charge in [-0.3, -0.25) is 0 Å². The zero-order chi connectivity index (χ0) is 36.8. The summed E-state index contributed by atoms with van der Waals surface area (Å²) in [7, 11) is 0. The van der Waals surface area contributed by atoms with E-state index < -0.39 is 0 Å². The molecule has 0 unspecified atom stereocenters. The Morgan fingerprint density at radius 2 is 0.868 bits per heavy atom. The molecule has 0 radical (unpaired) electrons. The molecule has 0 atom stereocenters. The first-order chi connectivity index (χ1) is 26.0. The van der Waals surface area contributed by atoms with Crippen molar-refractivity contribution in [2.75, 3.05) is 0 Å². The Balaban J connectivity index is 1.05. The van der Waals surface area contributed by atoms with Gasteiger partial charge in [-0.2, -0.15) is 0 Å². The van der Waals surface area contributed by atoms with Gasteiger partial charge in [0.25, 0.3) is 0 Å². The van der Waals surface area contributed by atoms with Crippen LogP contribution in [-0.4, -0.2) is 0 Å². The first-order valence-corrected chi connectivity index (χ1v) is 23.0. The van der Waals surface area contributed by atoms with Crippen LogP contribution in [0.25, 0.3) is 0 Å². The van der Waals surface area contributed by atoms with Crippen LogP contribution in [0.15, 0.2) is 93.9 Å². The first kappa shape index (κ1) is 40.3. The van der Waals surface area contributed by atoms with Crippen LogP contribution in [-0.2, 0) is 12.8 Å². The third kappa shape index (κ3) is 12.3. The van der Waals surface area contributed by atoms with Crippen LogP contribution in [0.3, 0.4) is 0 Å². The van der Waals surface area contributed by atoms with E-state index in [-0.39, 0.29) is 0 Å². The Morgan fingerprint density at radius 1 is 0.472 bits per heavy atom. The van der Waals surface area contributed by atoms with Crippen LogP contribution in [0.4, 0.5) is 0 Å². The maximum Gasteiger partial charge on any atom is 0.131 e. The van der Waals surface area contributed by atoms with Gasteiger partial charge in [0.15, 0.2) is 0 Å². The van der Waals surface area contributed by atoms with Gasteiger partial charge in [0.1, 0.15) is 11.5 Å². The first-order valence-electron chi connectivity index (χ1n) is 21.4. The average Bonchev–Trinajstić information content (AvgIpc) is 3.18. The highest BCUT2D eigenvalue weighted by Crippen LogP contribution is 2.40. The number of halogens is 2. The maximum absolute atomic E-state index is 6.79. The molecule has 0 spiro atoms. The van der Waals surface area contributed by atoms with E-state index in [0.717, 1.165) is 57.0 Å². The Labute approximate surface area is 339 Å². The second kappa shape index (κ2) is 21.1. The fraction of sp³-hybridized carbons (Fsp3) is 0.520. The van der Waals surface area contributed by atoms with Crippen molar-refractivity contribution in [1.82, 2.24) is 0 Å². The third-order valence-corrected chi connectivity index (χ3v) is 13.6.